The number of carbonyl (C=O) groups excluding carboxylic acids is 1. The molecule has 1 aromatic heterocycles. The van der Waals surface area contributed by atoms with Crippen LogP contribution in [0.3, 0.4) is 0 Å². The highest BCUT2D eigenvalue weighted by molar-refractivity contribution is 7.89. The van der Waals surface area contributed by atoms with Crippen molar-refractivity contribution >= 4 is 15.9 Å². The molecule has 2 rings (SSSR count). The van der Waals surface area contributed by atoms with Gasteiger partial charge in [-0.15, -0.1) is 0 Å². The smallest absolute Gasteiger partial charge is 0.242 e. The van der Waals surface area contributed by atoms with E-state index >= 15 is 0 Å². The van der Waals surface area contributed by atoms with Gasteiger partial charge in [0.15, 0.2) is 0 Å². The minimum atomic E-state index is -3.69. The van der Waals surface area contributed by atoms with E-state index in [1.165, 1.54) is 19.2 Å². The van der Waals surface area contributed by atoms with Crippen LogP contribution in [0.5, 0.6) is 0 Å². The largest absolute Gasteiger partial charge is 0.349 e. The number of halogens is 1. The summed E-state index contributed by atoms with van der Waals surface area (Å²) in [6.07, 6.45) is 3.71. The highest BCUT2D eigenvalue weighted by atomic mass is 32.2. The summed E-state index contributed by atoms with van der Waals surface area (Å²) in [5.74, 6) is -0.201. The van der Waals surface area contributed by atoms with Gasteiger partial charge in [-0.1, -0.05) is 0 Å². The minimum absolute atomic E-state index is 0.0158. The first-order valence-electron chi connectivity index (χ1n) is 7.64. The van der Waals surface area contributed by atoms with Crippen LogP contribution in [0.4, 0.5) is 4.39 Å². The van der Waals surface area contributed by atoms with Gasteiger partial charge in [0, 0.05) is 32.4 Å². The van der Waals surface area contributed by atoms with Crippen molar-refractivity contribution < 1.29 is 17.6 Å². The second-order valence-corrected chi connectivity index (χ2v) is 7.37. The van der Waals surface area contributed by atoms with Crippen molar-refractivity contribution in [3.05, 3.63) is 54.4 Å². The quantitative estimate of drug-likeness (QED) is 0.761. The molecule has 1 heterocycles. The summed E-state index contributed by atoms with van der Waals surface area (Å²) >= 11 is 0. The zero-order chi connectivity index (χ0) is 18.3. The lowest BCUT2D eigenvalue weighted by Crippen LogP contribution is -2.29. The number of aromatic nitrogens is 2. The second kappa shape index (κ2) is 8.63. The maximum Gasteiger partial charge on any atom is 0.242 e. The molecule has 0 fully saturated rings. The predicted octanol–water partition coefficient (Wildman–Crippen LogP) is 1.33. The lowest BCUT2D eigenvalue weighted by Gasteiger charge is -2.17. The Bertz CT molecular complexity index is 798. The molecule has 0 atom stereocenters. The van der Waals surface area contributed by atoms with Crippen LogP contribution >= 0.6 is 0 Å². The van der Waals surface area contributed by atoms with E-state index in [2.05, 4.69) is 15.3 Å². The van der Waals surface area contributed by atoms with Crippen LogP contribution in [0.1, 0.15) is 18.7 Å². The predicted molar refractivity (Wildman–Crippen MR) is 89.3 cm³/mol. The summed E-state index contributed by atoms with van der Waals surface area (Å²) in [5, 5.41) is 2.68. The van der Waals surface area contributed by atoms with Gasteiger partial charge in [0.05, 0.1) is 11.4 Å². The maximum absolute atomic E-state index is 12.9. The Morgan fingerprint density at radius 3 is 2.48 bits per heavy atom. The molecular weight excluding hydrogens is 347 g/mol. The summed E-state index contributed by atoms with van der Waals surface area (Å²) < 4.78 is 38.7. The first-order valence-corrected chi connectivity index (χ1v) is 9.08. The number of hydrogen-bond acceptors (Lipinski definition) is 5. The topological polar surface area (TPSA) is 92.3 Å². The number of benzene rings is 1. The lowest BCUT2D eigenvalue weighted by atomic mass is 10.3. The third kappa shape index (κ3) is 5.57. The Labute approximate surface area is 146 Å². The maximum atomic E-state index is 12.9. The molecular formula is C16H19FN4O3S. The molecule has 0 aliphatic rings. The molecule has 0 radical (unpaired) electrons. The summed E-state index contributed by atoms with van der Waals surface area (Å²) in [5.41, 5.74) is 0. The standard InChI is InChI=1S/C16H19FN4O3S/c1-21(25(23,24)14-7-5-13(17)6-8-14)11-2-4-16(22)20-12-15-18-9-3-10-19-15/h3,5-10H,2,4,11-12H2,1H3,(H,20,22). The second-order valence-electron chi connectivity index (χ2n) is 5.33. The Morgan fingerprint density at radius 2 is 1.84 bits per heavy atom. The summed E-state index contributed by atoms with van der Waals surface area (Å²) in [4.78, 5) is 19.8. The van der Waals surface area contributed by atoms with E-state index in [4.69, 9.17) is 0 Å². The van der Waals surface area contributed by atoms with Gasteiger partial charge >= 0.3 is 0 Å². The van der Waals surface area contributed by atoms with Gasteiger partial charge in [0.1, 0.15) is 11.6 Å². The summed E-state index contributed by atoms with van der Waals surface area (Å²) in [6, 6.07) is 6.31. The first-order chi connectivity index (χ1) is 11.9. The van der Waals surface area contributed by atoms with Gasteiger partial charge in [-0.2, -0.15) is 0 Å². The molecule has 0 saturated heterocycles. The van der Waals surface area contributed by atoms with Crippen LogP contribution < -0.4 is 5.32 Å². The number of carbonyl (C=O) groups is 1. The van der Waals surface area contributed by atoms with Crippen LogP contribution in [0.25, 0.3) is 0 Å². The molecule has 1 aromatic carbocycles. The molecule has 0 unspecified atom stereocenters. The fourth-order valence-electron chi connectivity index (χ4n) is 2.06. The van der Waals surface area contributed by atoms with Crippen LogP contribution in [-0.4, -0.2) is 42.2 Å². The fraction of sp³-hybridized carbons (Fsp3) is 0.312. The van der Waals surface area contributed by atoms with Crippen LogP contribution in [0.2, 0.25) is 0 Å². The highest BCUT2D eigenvalue weighted by Gasteiger charge is 2.20. The number of nitrogens with one attached hydrogen (secondary N) is 1. The van der Waals surface area contributed by atoms with Crippen molar-refractivity contribution in [2.75, 3.05) is 13.6 Å². The van der Waals surface area contributed by atoms with Crippen molar-refractivity contribution in [3.8, 4) is 0 Å². The molecule has 134 valence electrons. The molecule has 2 aromatic rings. The number of hydrogen-bond donors (Lipinski definition) is 1. The van der Waals surface area contributed by atoms with E-state index in [-0.39, 0.29) is 30.3 Å². The molecule has 1 amide bonds. The van der Waals surface area contributed by atoms with Crippen molar-refractivity contribution in [2.24, 2.45) is 0 Å². The number of sulfonamides is 1. The molecule has 0 saturated carbocycles. The number of amides is 1. The van der Waals surface area contributed by atoms with Crippen molar-refractivity contribution in [1.82, 2.24) is 19.6 Å². The zero-order valence-corrected chi connectivity index (χ0v) is 14.5. The molecule has 0 aliphatic carbocycles. The third-order valence-corrected chi connectivity index (χ3v) is 5.33. The average Bonchev–Trinajstić information content (AvgIpc) is 2.61. The molecule has 0 spiro atoms. The first kappa shape index (κ1) is 18.9. The van der Waals surface area contributed by atoms with Gasteiger partial charge in [0.25, 0.3) is 0 Å². The van der Waals surface area contributed by atoms with Gasteiger partial charge < -0.3 is 5.32 Å². The van der Waals surface area contributed by atoms with E-state index in [1.54, 1.807) is 18.5 Å². The Hall–Kier alpha value is -2.39. The Morgan fingerprint density at radius 1 is 1.20 bits per heavy atom. The van der Waals surface area contributed by atoms with E-state index in [1.807, 2.05) is 0 Å². The number of rotatable bonds is 8. The van der Waals surface area contributed by atoms with Gasteiger partial charge in [0.2, 0.25) is 15.9 Å². The summed E-state index contributed by atoms with van der Waals surface area (Å²) in [6.45, 7) is 0.401. The van der Waals surface area contributed by atoms with Gasteiger partial charge in [-0.05, 0) is 36.8 Å². The minimum Gasteiger partial charge on any atom is -0.349 e. The van der Waals surface area contributed by atoms with E-state index in [9.17, 15) is 17.6 Å². The molecule has 0 bridgehead atoms. The molecule has 25 heavy (non-hydrogen) atoms. The average molecular weight is 366 g/mol. The summed E-state index contributed by atoms with van der Waals surface area (Å²) in [7, 11) is -2.27. The van der Waals surface area contributed by atoms with Crippen LogP contribution in [-0.2, 0) is 21.4 Å². The van der Waals surface area contributed by atoms with E-state index in [0.29, 0.717) is 12.2 Å². The molecule has 1 N–H and O–H groups in total. The van der Waals surface area contributed by atoms with E-state index < -0.39 is 15.8 Å². The van der Waals surface area contributed by atoms with Crippen molar-refractivity contribution in [3.63, 3.8) is 0 Å². The molecule has 9 heteroatoms. The van der Waals surface area contributed by atoms with Crippen LogP contribution in [0, 0.1) is 5.82 Å². The SMILES string of the molecule is CN(CCCC(=O)NCc1ncccn1)S(=O)(=O)c1ccc(F)cc1. The third-order valence-electron chi connectivity index (χ3n) is 3.46. The highest BCUT2D eigenvalue weighted by Crippen LogP contribution is 2.15. The normalized spacial score (nSPS) is 11.5. The Kier molecular flexibility index (Phi) is 6.54. The fourth-order valence-corrected chi connectivity index (χ4v) is 3.27. The van der Waals surface area contributed by atoms with E-state index in [0.717, 1.165) is 16.4 Å². The molecule has 7 nitrogen and oxygen atoms in total. The van der Waals surface area contributed by atoms with Gasteiger partial charge in [-0.3, -0.25) is 4.79 Å². The zero-order valence-electron chi connectivity index (χ0n) is 13.7. The Balaban J connectivity index is 1.78. The van der Waals surface area contributed by atoms with Crippen molar-refractivity contribution in [1.29, 1.82) is 0 Å². The number of nitrogens with zero attached hydrogens (tertiary/aromatic N) is 3. The lowest BCUT2D eigenvalue weighted by molar-refractivity contribution is -0.121. The monoisotopic (exact) mass is 366 g/mol. The van der Waals surface area contributed by atoms with Crippen LogP contribution in [0.15, 0.2) is 47.6 Å². The molecule has 0 aliphatic heterocycles. The van der Waals surface area contributed by atoms with Gasteiger partial charge in [-0.25, -0.2) is 27.1 Å². The van der Waals surface area contributed by atoms with Crippen molar-refractivity contribution in [2.45, 2.75) is 24.3 Å².